The summed E-state index contributed by atoms with van der Waals surface area (Å²) in [6, 6.07) is 0. The second-order valence-electron chi connectivity index (χ2n) is 17.4. The minimum atomic E-state index is -0.183. The molecule has 0 spiro atoms. The monoisotopic (exact) mass is 837 g/mol. The molecular formula is C51H96O8. The zero-order valence-corrected chi connectivity index (χ0v) is 39.4. The van der Waals surface area contributed by atoms with Crippen LogP contribution in [0.4, 0.5) is 0 Å². The molecule has 0 amide bonds. The summed E-state index contributed by atoms with van der Waals surface area (Å²) in [7, 11) is 0. The van der Waals surface area contributed by atoms with Gasteiger partial charge in [0.15, 0.2) is 0 Å². The van der Waals surface area contributed by atoms with Gasteiger partial charge < -0.3 is 18.9 Å². The van der Waals surface area contributed by atoms with E-state index in [2.05, 4.69) is 27.7 Å². The van der Waals surface area contributed by atoms with Crippen LogP contribution in [0.1, 0.15) is 278 Å². The molecule has 0 aliphatic rings. The number of carbonyl (C=O) groups is 4. The Morgan fingerprint density at radius 1 is 0.288 bits per heavy atom. The smallest absolute Gasteiger partial charge is 0.306 e. The highest BCUT2D eigenvalue weighted by Gasteiger charge is 2.16. The summed E-state index contributed by atoms with van der Waals surface area (Å²) >= 11 is 0. The lowest BCUT2D eigenvalue weighted by atomic mass is 10.0. The second kappa shape index (κ2) is 45.4. The Labute approximate surface area is 364 Å². The van der Waals surface area contributed by atoms with Gasteiger partial charge in [-0.25, -0.2) is 0 Å². The average Bonchev–Trinajstić information content (AvgIpc) is 3.22. The third-order valence-corrected chi connectivity index (χ3v) is 11.5. The predicted molar refractivity (Wildman–Crippen MR) is 244 cm³/mol. The van der Waals surface area contributed by atoms with Crippen LogP contribution in [0.5, 0.6) is 0 Å². The first-order valence-electron chi connectivity index (χ1n) is 25.6. The van der Waals surface area contributed by atoms with E-state index in [1.54, 1.807) is 0 Å². The minimum absolute atomic E-state index is 0.0240. The lowest BCUT2D eigenvalue weighted by Crippen LogP contribution is -2.18. The van der Waals surface area contributed by atoms with E-state index in [9.17, 15) is 19.2 Å². The van der Waals surface area contributed by atoms with E-state index in [0.717, 1.165) is 148 Å². The Morgan fingerprint density at radius 2 is 0.525 bits per heavy atom. The molecule has 0 saturated heterocycles. The Bertz CT molecular complexity index is 952. The normalized spacial score (nSPS) is 12.3. The summed E-state index contributed by atoms with van der Waals surface area (Å²) in [6.45, 7) is 9.35. The van der Waals surface area contributed by atoms with Crippen molar-refractivity contribution >= 4 is 23.9 Å². The maximum atomic E-state index is 12.4. The molecule has 0 aromatic heterocycles. The molecule has 0 saturated carbocycles. The molecule has 0 bridgehead atoms. The number of ether oxygens (including phenoxy) is 4. The summed E-state index contributed by atoms with van der Waals surface area (Å²) in [5.74, 6) is -0.416. The van der Waals surface area contributed by atoms with E-state index in [1.165, 1.54) is 70.6 Å². The van der Waals surface area contributed by atoms with E-state index in [4.69, 9.17) is 18.9 Å². The fourth-order valence-electron chi connectivity index (χ4n) is 7.63. The van der Waals surface area contributed by atoms with Gasteiger partial charge in [0.25, 0.3) is 0 Å². The van der Waals surface area contributed by atoms with Crippen LogP contribution in [-0.2, 0) is 38.1 Å². The number of hydrogen-bond acceptors (Lipinski definition) is 8. The summed E-state index contributed by atoms with van der Waals surface area (Å²) in [4.78, 5) is 49.1. The number of rotatable bonds is 46. The van der Waals surface area contributed by atoms with Gasteiger partial charge in [-0.05, 0) is 77.0 Å². The van der Waals surface area contributed by atoms with Gasteiger partial charge in [-0.15, -0.1) is 0 Å². The second-order valence-corrected chi connectivity index (χ2v) is 17.4. The van der Waals surface area contributed by atoms with E-state index in [-0.39, 0.29) is 49.3 Å². The minimum Gasteiger partial charge on any atom is -0.466 e. The molecule has 348 valence electrons. The summed E-state index contributed by atoms with van der Waals surface area (Å²) in [5, 5.41) is 0. The third kappa shape index (κ3) is 42.4. The van der Waals surface area contributed by atoms with Gasteiger partial charge in [0.1, 0.15) is 12.2 Å². The molecule has 2 atom stereocenters. The molecule has 2 unspecified atom stereocenters. The third-order valence-electron chi connectivity index (χ3n) is 11.5. The van der Waals surface area contributed by atoms with Gasteiger partial charge in [-0.3, -0.25) is 19.2 Å². The molecule has 0 rings (SSSR count). The van der Waals surface area contributed by atoms with Gasteiger partial charge in [0, 0.05) is 32.1 Å². The van der Waals surface area contributed by atoms with Crippen molar-refractivity contribution in [2.45, 2.75) is 290 Å². The first-order chi connectivity index (χ1) is 28.9. The SMILES string of the molecule is CCCCCCCCCC(CCCCCCCC(=O)OCCCOC(=O)CCCCCCCCC(CCCCCCCC)OC(=O)CCCCC)OC(=O)CCCCC. The van der Waals surface area contributed by atoms with E-state index in [0.29, 0.717) is 32.1 Å². The number of esters is 4. The molecule has 8 heteroatoms. The van der Waals surface area contributed by atoms with E-state index in [1.807, 2.05) is 0 Å². The van der Waals surface area contributed by atoms with Gasteiger partial charge in [-0.2, -0.15) is 0 Å². The molecule has 0 fully saturated rings. The van der Waals surface area contributed by atoms with Gasteiger partial charge in [0.05, 0.1) is 13.2 Å². The van der Waals surface area contributed by atoms with Crippen molar-refractivity contribution in [3.05, 3.63) is 0 Å². The number of unbranched alkanes of at least 4 members (excludes halogenated alkanes) is 24. The molecule has 0 aliphatic carbocycles. The van der Waals surface area contributed by atoms with Crippen molar-refractivity contribution in [3.8, 4) is 0 Å². The Kier molecular flexibility index (Phi) is 43.8. The summed E-state index contributed by atoms with van der Waals surface area (Å²) < 4.78 is 22.5. The van der Waals surface area contributed by atoms with Crippen molar-refractivity contribution in [3.63, 3.8) is 0 Å². The van der Waals surface area contributed by atoms with Gasteiger partial charge in [0.2, 0.25) is 0 Å². The Morgan fingerprint density at radius 3 is 0.847 bits per heavy atom. The first-order valence-corrected chi connectivity index (χ1v) is 25.6. The lowest BCUT2D eigenvalue weighted by molar-refractivity contribution is -0.151. The van der Waals surface area contributed by atoms with Crippen molar-refractivity contribution < 1.29 is 38.1 Å². The molecule has 0 N–H and O–H groups in total. The maximum absolute atomic E-state index is 12.4. The molecule has 0 radical (unpaired) electrons. The fraction of sp³-hybridized carbons (Fsp3) is 0.922. The standard InChI is InChI=1S/C51H96O8/c1-5-9-13-15-17-22-30-37-47(59-51(55)43-28-12-8-4)39-32-24-20-26-34-41-49(53)57-45-35-44-56-48(52)40-33-25-19-18-23-31-38-46(36-29-21-16-14-10-6-2)58-50(54)42-27-11-7-3/h46-47H,5-45H2,1-4H3. The van der Waals surface area contributed by atoms with Crippen molar-refractivity contribution in [1.82, 2.24) is 0 Å². The molecule has 0 aromatic rings. The van der Waals surface area contributed by atoms with Crippen LogP contribution in [0.3, 0.4) is 0 Å². The first kappa shape index (κ1) is 56.9. The van der Waals surface area contributed by atoms with Gasteiger partial charge >= 0.3 is 23.9 Å². The summed E-state index contributed by atoms with van der Waals surface area (Å²) in [6.07, 6.45) is 40.3. The highest BCUT2D eigenvalue weighted by molar-refractivity contribution is 5.70. The van der Waals surface area contributed by atoms with Crippen molar-refractivity contribution in [2.24, 2.45) is 0 Å². The van der Waals surface area contributed by atoms with Crippen LogP contribution >= 0.6 is 0 Å². The molecule has 0 aromatic carbocycles. The Balaban J connectivity index is 3.96. The number of hydrogen-bond donors (Lipinski definition) is 0. The van der Waals surface area contributed by atoms with Crippen LogP contribution < -0.4 is 0 Å². The topological polar surface area (TPSA) is 105 Å². The summed E-state index contributed by atoms with van der Waals surface area (Å²) in [5.41, 5.74) is 0. The van der Waals surface area contributed by atoms with Crippen LogP contribution in [-0.4, -0.2) is 49.3 Å². The van der Waals surface area contributed by atoms with Crippen LogP contribution in [0.25, 0.3) is 0 Å². The largest absolute Gasteiger partial charge is 0.466 e. The highest BCUT2D eigenvalue weighted by atomic mass is 16.6. The molecule has 0 heterocycles. The zero-order chi connectivity index (χ0) is 43.3. The molecule has 59 heavy (non-hydrogen) atoms. The fourth-order valence-corrected chi connectivity index (χ4v) is 7.63. The molecule has 0 aliphatic heterocycles. The van der Waals surface area contributed by atoms with Crippen LogP contribution in [0.15, 0.2) is 0 Å². The zero-order valence-electron chi connectivity index (χ0n) is 39.4. The maximum Gasteiger partial charge on any atom is 0.306 e. The van der Waals surface area contributed by atoms with Crippen molar-refractivity contribution in [2.75, 3.05) is 13.2 Å². The Hall–Kier alpha value is -2.12. The molecular weight excluding hydrogens is 741 g/mol. The lowest BCUT2D eigenvalue weighted by Gasteiger charge is -2.18. The quantitative estimate of drug-likeness (QED) is 0.0339. The number of carbonyl (C=O) groups excluding carboxylic acids is 4. The predicted octanol–water partition coefficient (Wildman–Crippen LogP) is 15.2. The molecule has 8 nitrogen and oxygen atoms in total. The van der Waals surface area contributed by atoms with Crippen LogP contribution in [0, 0.1) is 0 Å². The average molecular weight is 837 g/mol. The highest BCUT2D eigenvalue weighted by Crippen LogP contribution is 2.20. The van der Waals surface area contributed by atoms with Crippen molar-refractivity contribution in [1.29, 1.82) is 0 Å². The van der Waals surface area contributed by atoms with Gasteiger partial charge in [-0.1, -0.05) is 169 Å². The van der Waals surface area contributed by atoms with E-state index >= 15 is 0 Å². The van der Waals surface area contributed by atoms with Crippen LogP contribution in [0.2, 0.25) is 0 Å². The van der Waals surface area contributed by atoms with E-state index < -0.39 is 0 Å².